The Morgan fingerprint density at radius 1 is 0.694 bits per heavy atom. The second kappa shape index (κ2) is 34.2. The Hall–Kier alpha value is -7.82. The van der Waals surface area contributed by atoms with Crippen LogP contribution in [0.25, 0.3) is 11.5 Å². The molecule has 2 fully saturated rings. The smallest absolute Gasteiger partial charge is 0.407 e. The first-order chi connectivity index (χ1) is 40.8. The zero-order chi connectivity index (χ0) is 61.3. The molecule has 2 aliphatic heterocycles. The highest BCUT2D eigenvalue weighted by Gasteiger charge is 2.32. The van der Waals surface area contributed by atoms with Crippen molar-refractivity contribution in [2.45, 2.75) is 112 Å². The highest BCUT2D eigenvalue weighted by molar-refractivity contribution is 6.00. The fourth-order valence-electron chi connectivity index (χ4n) is 9.85. The quantitative estimate of drug-likeness (QED) is 0.0302. The molecule has 5 aromatic rings. The number of nitrogens with one attached hydrogen (secondary N) is 4. The number of benzene rings is 2. The molecule has 22 heteroatoms. The van der Waals surface area contributed by atoms with Crippen molar-refractivity contribution in [2.24, 2.45) is 29.4 Å². The Morgan fingerprint density at radius 3 is 2.02 bits per heavy atom. The molecule has 0 bridgehead atoms. The van der Waals surface area contributed by atoms with E-state index in [1.807, 2.05) is 114 Å². The second-order valence-electron chi connectivity index (χ2n) is 23.0. The van der Waals surface area contributed by atoms with Gasteiger partial charge in [-0.1, -0.05) is 102 Å². The molecular formula is C63H87N11O11. The summed E-state index contributed by atoms with van der Waals surface area (Å²) in [6.45, 7) is 18.5. The molecule has 85 heavy (non-hydrogen) atoms. The van der Waals surface area contributed by atoms with E-state index in [4.69, 9.17) is 29.0 Å². The number of Topliss-reactive ketones (excluding diaryl/α,β-unsaturated/α-hetero) is 2. The predicted molar refractivity (Wildman–Crippen MR) is 320 cm³/mol. The number of carbonyl (C=O) groups excluding carboxylic acids is 7. The number of hydrogen-bond donors (Lipinski definition) is 5. The minimum atomic E-state index is -0.779. The van der Waals surface area contributed by atoms with E-state index in [1.54, 1.807) is 17.3 Å². The maximum atomic E-state index is 14.1. The molecule has 0 radical (unpaired) electrons. The van der Waals surface area contributed by atoms with Crippen LogP contribution >= 0.6 is 0 Å². The SMILES string of the molecule is CC(C)Cc1nc(CC(C)CCNC(=O)OCc2ccccc2)oc1C(=O)CNC(=O)C(CC(C)C)NC(=O)N1CCOCC1.CC(CC(N)=O)CC(=O)NCCC(C(=O)c1oc(-c2ccncc2)nc1CN1CCN(C)CC1)c1ccccc1. The van der Waals surface area contributed by atoms with E-state index >= 15 is 0 Å². The summed E-state index contributed by atoms with van der Waals surface area (Å²) >= 11 is 0. The fraction of sp³-hybridized carbons (Fsp3) is 0.524. The predicted octanol–water partition coefficient (Wildman–Crippen LogP) is 6.98. The Kier molecular flexibility index (Phi) is 26.7. The van der Waals surface area contributed by atoms with Gasteiger partial charge in [-0.05, 0) is 79.7 Å². The van der Waals surface area contributed by atoms with E-state index in [9.17, 15) is 33.6 Å². The third-order valence-electron chi connectivity index (χ3n) is 14.5. The summed E-state index contributed by atoms with van der Waals surface area (Å²) in [6, 6.07) is 21.5. The van der Waals surface area contributed by atoms with Crippen molar-refractivity contribution in [2.75, 3.05) is 79.2 Å². The normalized spacial score (nSPS) is 15.2. The Bertz CT molecular complexity index is 2900. The largest absolute Gasteiger partial charge is 0.445 e. The Morgan fingerprint density at radius 2 is 1.36 bits per heavy atom. The van der Waals surface area contributed by atoms with Crippen molar-refractivity contribution in [1.29, 1.82) is 0 Å². The van der Waals surface area contributed by atoms with Crippen molar-refractivity contribution in [3.8, 4) is 11.5 Å². The zero-order valence-corrected chi connectivity index (χ0v) is 50.4. The van der Waals surface area contributed by atoms with Crippen molar-refractivity contribution in [1.82, 2.24) is 50.9 Å². The first-order valence-corrected chi connectivity index (χ1v) is 29.6. The van der Waals surface area contributed by atoms with Crippen molar-refractivity contribution >= 4 is 41.4 Å². The third kappa shape index (κ3) is 22.6. The van der Waals surface area contributed by atoms with Crippen LogP contribution in [0.15, 0.2) is 94.0 Å². The van der Waals surface area contributed by atoms with Crippen molar-refractivity contribution in [3.05, 3.63) is 125 Å². The highest BCUT2D eigenvalue weighted by atomic mass is 16.5. The number of alkyl carbamates (subject to hydrolysis) is 1. The molecule has 6 N–H and O–H groups in total. The zero-order valence-electron chi connectivity index (χ0n) is 50.4. The third-order valence-corrected chi connectivity index (χ3v) is 14.5. The number of rotatable bonds is 29. The number of pyridine rings is 1. The number of urea groups is 1. The number of likely N-dealkylation sites (N-methyl/N-ethyl adjacent to an activating group) is 1. The minimum absolute atomic E-state index is 0.111. The summed E-state index contributed by atoms with van der Waals surface area (Å²) in [5.74, 6) is -0.547. The molecule has 4 unspecified atom stereocenters. The molecule has 6 amide bonds. The molecular weight excluding hydrogens is 1090 g/mol. The van der Waals surface area contributed by atoms with Crippen LogP contribution < -0.4 is 27.0 Å². The monoisotopic (exact) mass is 1170 g/mol. The van der Waals surface area contributed by atoms with Gasteiger partial charge >= 0.3 is 12.1 Å². The van der Waals surface area contributed by atoms with Crippen LogP contribution in [0.3, 0.4) is 0 Å². The van der Waals surface area contributed by atoms with Crippen molar-refractivity contribution < 1.29 is 51.9 Å². The number of ketones is 2. The van der Waals surface area contributed by atoms with Gasteiger partial charge in [-0.2, -0.15) is 0 Å². The van der Waals surface area contributed by atoms with E-state index in [0.29, 0.717) is 101 Å². The van der Waals surface area contributed by atoms with Gasteiger partial charge in [0.15, 0.2) is 17.4 Å². The molecule has 2 aliphatic rings. The summed E-state index contributed by atoms with van der Waals surface area (Å²) in [6.07, 6.45) is 5.71. The lowest BCUT2D eigenvalue weighted by Crippen LogP contribution is -2.54. The number of amides is 6. The molecule has 2 saturated heterocycles. The van der Waals surface area contributed by atoms with E-state index in [0.717, 1.165) is 42.9 Å². The lowest BCUT2D eigenvalue weighted by atomic mass is 9.89. The standard InChI is InChI=1S/C33H49N5O7.C30H38N6O4/c1-22(2)17-26-30(28(39)20-35-31(40)27(18-23(3)4)37-32(41)38-13-15-43-16-14-38)45-29(36-26)19-24(5)11-12-34-33(42)44-21-25-9-7-6-8-10-25;1-21(18-26(31)37)19-27(38)33-13-10-24(22-6-4-3-5-7-22)28(39)29-25(20-36-16-14-35(2)15-17-36)34-30(40-29)23-8-11-32-12-9-23/h6-10,22-24,27H,11-21H2,1-5H3,(H,34,42)(H,35,40)(H,37,41);3-9,11-12,21,24H,10,13-20H2,1-2H3,(H2,31,37)(H,33,38). The lowest BCUT2D eigenvalue weighted by Gasteiger charge is -2.31. The van der Waals surface area contributed by atoms with Crippen LogP contribution in [0.1, 0.15) is 129 Å². The summed E-state index contributed by atoms with van der Waals surface area (Å²) in [4.78, 5) is 109. The number of aromatic nitrogens is 3. The molecule has 4 atom stereocenters. The summed E-state index contributed by atoms with van der Waals surface area (Å²) in [5.41, 5.74) is 8.94. The van der Waals surface area contributed by atoms with Gasteiger partial charge in [0.05, 0.1) is 31.4 Å². The van der Waals surface area contributed by atoms with Gasteiger partial charge in [-0.3, -0.25) is 33.9 Å². The molecule has 7 rings (SSSR count). The number of carbonyl (C=O) groups is 7. The van der Waals surface area contributed by atoms with Gasteiger partial charge in [-0.25, -0.2) is 19.6 Å². The first-order valence-electron chi connectivity index (χ1n) is 29.6. The maximum absolute atomic E-state index is 14.1. The fourth-order valence-corrected chi connectivity index (χ4v) is 9.85. The van der Waals surface area contributed by atoms with Crippen LogP contribution in [0.5, 0.6) is 0 Å². The van der Waals surface area contributed by atoms with Gasteiger partial charge in [-0.15, -0.1) is 0 Å². The summed E-state index contributed by atoms with van der Waals surface area (Å²) < 4.78 is 22.7. The minimum Gasteiger partial charge on any atom is -0.445 e. The van der Waals surface area contributed by atoms with Crippen LogP contribution in [-0.2, 0) is 49.9 Å². The first kappa shape index (κ1) is 66.3. The number of oxazole rings is 2. The topological polar surface area (TPSA) is 287 Å². The number of nitrogens with two attached hydrogens (primary N) is 1. The molecule has 3 aromatic heterocycles. The molecule has 22 nitrogen and oxygen atoms in total. The van der Waals surface area contributed by atoms with Crippen molar-refractivity contribution in [3.63, 3.8) is 0 Å². The van der Waals surface area contributed by atoms with E-state index in [1.165, 1.54) is 0 Å². The van der Waals surface area contributed by atoms with E-state index in [-0.39, 0.29) is 84.7 Å². The Balaban J connectivity index is 0.000000274. The lowest BCUT2D eigenvalue weighted by molar-refractivity contribution is -0.124. The number of primary amides is 1. The second-order valence-corrected chi connectivity index (χ2v) is 23.0. The average Bonchev–Trinajstić information content (AvgIpc) is 4.20. The highest BCUT2D eigenvalue weighted by Crippen LogP contribution is 2.30. The van der Waals surface area contributed by atoms with Gasteiger partial charge in [0, 0.05) is 96.1 Å². The van der Waals surface area contributed by atoms with E-state index in [2.05, 4.69) is 48.1 Å². The molecule has 0 aliphatic carbocycles. The molecule has 460 valence electrons. The summed E-state index contributed by atoms with van der Waals surface area (Å²) in [7, 11) is 2.10. The van der Waals surface area contributed by atoms with Crippen LogP contribution in [0.4, 0.5) is 9.59 Å². The molecule has 0 saturated carbocycles. The number of morpholine rings is 1. The molecule has 5 heterocycles. The van der Waals surface area contributed by atoms with Gasteiger partial charge < -0.3 is 55.1 Å². The van der Waals surface area contributed by atoms with Crippen LogP contribution in [0, 0.1) is 23.7 Å². The molecule has 2 aromatic carbocycles. The Labute approximate surface area is 499 Å². The average molecular weight is 1170 g/mol. The number of piperazine rings is 1. The van der Waals surface area contributed by atoms with Gasteiger partial charge in [0.25, 0.3) is 0 Å². The van der Waals surface area contributed by atoms with Crippen LogP contribution in [-0.4, -0.2) is 156 Å². The van der Waals surface area contributed by atoms with Gasteiger partial charge in [0.2, 0.25) is 35.2 Å². The number of hydrogen-bond acceptors (Lipinski definition) is 16. The summed E-state index contributed by atoms with van der Waals surface area (Å²) in [5, 5.41) is 11.2. The molecule has 0 spiro atoms. The van der Waals surface area contributed by atoms with E-state index < -0.39 is 29.9 Å². The number of ether oxygens (including phenoxy) is 2. The van der Waals surface area contributed by atoms with Crippen LogP contribution in [0.2, 0.25) is 0 Å². The number of nitrogens with zero attached hydrogens (tertiary/aromatic N) is 6. The van der Waals surface area contributed by atoms with Gasteiger partial charge in [0.1, 0.15) is 18.3 Å². The maximum Gasteiger partial charge on any atom is 0.407 e.